The van der Waals surface area contributed by atoms with Gasteiger partial charge in [-0.3, -0.25) is 37.8 Å². The molecule has 1 saturated carbocycles. The van der Waals surface area contributed by atoms with Gasteiger partial charge in [-0.05, 0) is 75.4 Å². The van der Waals surface area contributed by atoms with E-state index in [0.717, 1.165) is 32.1 Å². The maximum absolute atomic E-state index is 14.9. The molecule has 1 aliphatic carbocycles. The Balaban J connectivity index is 1.30. The molecule has 8 N–H and O–H groups in total. The third kappa shape index (κ3) is 10.1. The van der Waals surface area contributed by atoms with Crippen LogP contribution in [0.3, 0.4) is 0 Å². The number of nitrogens with one attached hydrogen (secondary N) is 3. The molecule has 59 heavy (non-hydrogen) atoms. The summed E-state index contributed by atoms with van der Waals surface area (Å²) in [4.78, 5) is 70.0. The maximum Gasteiger partial charge on any atom is 0.287 e. The standard InChI is InChI=1S/C39H52N8O10S2/c1-38(2,53)32-23-41-45-47(32)28-22-31(36(51)43-39(33(48)34(40)49)17-19-58(54,55)20-18-39)46(24-28)37(52)30(21-25-9-5-3-6-10-25)42-35(50)26-13-15-29(16-14-26)59(56,57)44-27-11-7-4-8-12-27/h4,7-8,11-16,23,25,28,30-31,44,53-55H,3,5-6,9-10,17-22,24H2,1-2H3,(H2,40,49)(H,42,50)(H,43,51)/t28-,30+,31-/m0/s1. The number of sulfonamides is 1. The number of para-hydroxylation sites is 1. The molecular weight excluding hydrogens is 805 g/mol. The van der Waals surface area contributed by atoms with Gasteiger partial charge in [-0.1, -0.05) is 55.5 Å². The number of nitrogens with two attached hydrogens (primary N) is 1. The highest BCUT2D eigenvalue weighted by Crippen LogP contribution is 2.47. The Hall–Kier alpha value is -4.89. The number of primary amides is 1. The SMILES string of the molecule is CC(C)(O)c1cnnn1[C@H]1C[C@@H](C(=O)NC2(C(=O)C(N)=O)CCS(O)(O)CC2)N(C(=O)[C@@H](CC2CCCCC2)NC(=O)c2ccc(S(=O)(=O)Nc3ccccc3)cc2)C1. The van der Waals surface area contributed by atoms with Gasteiger partial charge >= 0.3 is 0 Å². The lowest BCUT2D eigenvalue weighted by molar-refractivity contribution is -0.145. The van der Waals surface area contributed by atoms with Crippen LogP contribution in [0.4, 0.5) is 5.69 Å². The minimum Gasteiger partial charge on any atom is -0.384 e. The van der Waals surface area contributed by atoms with Crippen molar-refractivity contribution in [2.24, 2.45) is 11.7 Å². The van der Waals surface area contributed by atoms with Gasteiger partial charge in [-0.2, -0.15) is 10.6 Å². The van der Waals surface area contributed by atoms with Gasteiger partial charge in [0.25, 0.3) is 21.8 Å². The van der Waals surface area contributed by atoms with E-state index in [9.17, 15) is 46.6 Å². The summed E-state index contributed by atoms with van der Waals surface area (Å²) in [6, 6.07) is 10.5. The minimum atomic E-state index is -3.98. The molecule has 18 nitrogen and oxygen atoms in total. The summed E-state index contributed by atoms with van der Waals surface area (Å²) in [6.45, 7) is 2.96. The molecule has 0 spiro atoms. The van der Waals surface area contributed by atoms with Crippen molar-refractivity contribution in [1.82, 2.24) is 30.5 Å². The Morgan fingerprint density at radius 1 is 0.983 bits per heavy atom. The van der Waals surface area contributed by atoms with Crippen LogP contribution in [0.1, 0.15) is 93.7 Å². The van der Waals surface area contributed by atoms with E-state index in [1.165, 1.54) is 53.9 Å². The predicted molar refractivity (Wildman–Crippen MR) is 217 cm³/mol. The fourth-order valence-corrected chi connectivity index (χ4v) is 10.8. The van der Waals surface area contributed by atoms with E-state index < -0.39 is 79.3 Å². The van der Waals surface area contributed by atoms with Crippen molar-refractivity contribution in [2.45, 2.75) is 106 Å². The van der Waals surface area contributed by atoms with Crippen LogP contribution < -0.4 is 21.1 Å². The molecule has 20 heteroatoms. The largest absolute Gasteiger partial charge is 0.384 e. The summed E-state index contributed by atoms with van der Waals surface area (Å²) in [7, 11) is -7.05. The Morgan fingerprint density at radius 3 is 2.24 bits per heavy atom. The van der Waals surface area contributed by atoms with E-state index in [4.69, 9.17) is 5.73 Å². The zero-order valence-corrected chi connectivity index (χ0v) is 34.6. The first-order chi connectivity index (χ1) is 27.8. The molecule has 2 aromatic carbocycles. The molecule has 3 fully saturated rings. The highest BCUT2D eigenvalue weighted by molar-refractivity contribution is 8.24. The second-order valence-corrected chi connectivity index (χ2v) is 20.4. The van der Waals surface area contributed by atoms with Crippen molar-refractivity contribution >= 4 is 55.7 Å². The van der Waals surface area contributed by atoms with Gasteiger partial charge in [0.15, 0.2) is 0 Å². The van der Waals surface area contributed by atoms with E-state index in [1.807, 2.05) is 0 Å². The first-order valence-corrected chi connectivity index (χ1v) is 23.0. The maximum atomic E-state index is 14.9. The van der Waals surface area contributed by atoms with Gasteiger partial charge in [0.1, 0.15) is 23.2 Å². The van der Waals surface area contributed by atoms with Crippen LogP contribution >= 0.6 is 10.6 Å². The predicted octanol–water partition coefficient (Wildman–Crippen LogP) is 2.67. The Bertz CT molecular complexity index is 2140. The van der Waals surface area contributed by atoms with Crippen molar-refractivity contribution in [2.75, 3.05) is 22.8 Å². The number of carbonyl (C=O) groups is 5. The van der Waals surface area contributed by atoms with Gasteiger partial charge in [0, 0.05) is 35.7 Å². The van der Waals surface area contributed by atoms with Crippen LogP contribution in [0.15, 0.2) is 65.7 Å². The van der Waals surface area contributed by atoms with Gasteiger partial charge in [-0.15, -0.1) is 5.10 Å². The summed E-state index contributed by atoms with van der Waals surface area (Å²) in [6.07, 6.45) is 5.56. The first kappa shape index (κ1) is 43.7. The zero-order chi connectivity index (χ0) is 42.8. The molecule has 6 rings (SSSR count). The molecular formula is C39H52N8O10S2. The normalized spacial score (nSPS) is 21.8. The van der Waals surface area contributed by atoms with Gasteiger partial charge < -0.3 is 26.4 Å². The van der Waals surface area contributed by atoms with E-state index in [0.29, 0.717) is 11.4 Å². The second kappa shape index (κ2) is 17.4. The van der Waals surface area contributed by atoms with Gasteiger partial charge in [0.05, 0.1) is 22.8 Å². The molecule has 3 heterocycles. The van der Waals surface area contributed by atoms with Crippen molar-refractivity contribution in [3.05, 3.63) is 72.1 Å². The van der Waals surface area contributed by atoms with E-state index in [2.05, 4.69) is 25.7 Å². The van der Waals surface area contributed by atoms with Gasteiger partial charge in [0.2, 0.25) is 17.6 Å². The summed E-state index contributed by atoms with van der Waals surface area (Å²) in [5, 5.41) is 24.6. The summed E-state index contributed by atoms with van der Waals surface area (Å²) in [5.41, 5.74) is 2.91. The number of anilines is 1. The summed E-state index contributed by atoms with van der Waals surface area (Å²) >= 11 is 0. The molecule has 0 radical (unpaired) electrons. The number of aliphatic hydroxyl groups is 1. The molecule has 3 aromatic rings. The number of ketones is 1. The number of benzene rings is 2. The summed E-state index contributed by atoms with van der Waals surface area (Å²) < 4.78 is 50.7. The number of hydrogen-bond donors (Lipinski definition) is 7. The average Bonchev–Trinajstić information content (AvgIpc) is 3.88. The average molecular weight is 857 g/mol. The number of likely N-dealkylation sites (tertiary alicyclic amines) is 1. The topological polar surface area (TPSA) is 276 Å². The molecule has 0 unspecified atom stereocenters. The number of carbonyl (C=O) groups excluding carboxylic acids is 5. The van der Waals surface area contributed by atoms with E-state index in [-0.39, 0.29) is 60.1 Å². The van der Waals surface area contributed by atoms with Crippen molar-refractivity contribution in [3.63, 3.8) is 0 Å². The molecule has 3 atom stereocenters. The molecule has 1 aromatic heterocycles. The highest BCUT2D eigenvalue weighted by atomic mass is 32.3. The van der Waals surface area contributed by atoms with E-state index >= 15 is 0 Å². The van der Waals surface area contributed by atoms with Crippen LogP contribution in [0.5, 0.6) is 0 Å². The van der Waals surface area contributed by atoms with E-state index in [1.54, 1.807) is 30.3 Å². The highest BCUT2D eigenvalue weighted by Gasteiger charge is 2.51. The zero-order valence-electron chi connectivity index (χ0n) is 33.0. The lowest BCUT2D eigenvalue weighted by Gasteiger charge is -2.45. The molecule has 2 saturated heterocycles. The Kier molecular flexibility index (Phi) is 12.9. The Labute approximate surface area is 344 Å². The lowest BCUT2D eigenvalue weighted by Crippen LogP contribution is -2.64. The van der Waals surface area contributed by atoms with Crippen LogP contribution in [0.2, 0.25) is 0 Å². The summed E-state index contributed by atoms with van der Waals surface area (Å²) in [5.74, 6) is -4.93. The molecule has 4 amide bonds. The van der Waals surface area contributed by atoms with Crippen molar-refractivity contribution in [3.8, 4) is 0 Å². The van der Waals surface area contributed by atoms with Crippen LogP contribution in [0, 0.1) is 5.92 Å². The van der Waals surface area contributed by atoms with Crippen LogP contribution in [0.25, 0.3) is 0 Å². The Morgan fingerprint density at radius 2 is 1.63 bits per heavy atom. The number of Topliss-reactive ketones (excluding diaryl/α,β-unsaturated/α-hetero) is 1. The quantitative estimate of drug-likeness (QED) is 0.115. The minimum absolute atomic E-state index is 0.0584. The lowest BCUT2D eigenvalue weighted by atomic mass is 9.84. The monoisotopic (exact) mass is 856 g/mol. The number of aromatic nitrogens is 3. The fraction of sp³-hybridized carbons (Fsp3) is 0.513. The van der Waals surface area contributed by atoms with Crippen LogP contribution in [-0.4, -0.2) is 108 Å². The van der Waals surface area contributed by atoms with Gasteiger partial charge in [-0.25, -0.2) is 13.1 Å². The fourth-order valence-electron chi connectivity index (χ4n) is 8.23. The number of amides is 4. The molecule has 320 valence electrons. The van der Waals surface area contributed by atoms with Crippen molar-refractivity contribution < 1.29 is 46.6 Å². The first-order valence-electron chi connectivity index (χ1n) is 19.6. The van der Waals surface area contributed by atoms with Crippen LogP contribution in [-0.2, 0) is 34.8 Å². The smallest absolute Gasteiger partial charge is 0.287 e. The third-order valence-corrected chi connectivity index (χ3v) is 14.6. The second-order valence-electron chi connectivity index (χ2n) is 16.3. The third-order valence-electron chi connectivity index (χ3n) is 11.5. The van der Waals surface area contributed by atoms with Crippen molar-refractivity contribution in [1.29, 1.82) is 0 Å². The number of nitrogens with zero attached hydrogens (tertiary/aromatic N) is 4. The number of rotatable bonds is 14. The molecule has 0 bridgehead atoms. The number of hydrogen-bond acceptors (Lipinski definition) is 12. The molecule has 3 aliphatic rings. The molecule has 2 aliphatic heterocycles.